The summed E-state index contributed by atoms with van der Waals surface area (Å²) < 4.78 is 37.3. The molecule has 1 aliphatic heterocycles. The van der Waals surface area contributed by atoms with E-state index in [1.165, 1.54) is 12.1 Å². The van der Waals surface area contributed by atoms with Crippen LogP contribution in [0.3, 0.4) is 0 Å². The van der Waals surface area contributed by atoms with E-state index in [4.69, 9.17) is 0 Å². The molecule has 0 fully saturated rings. The molecule has 1 aromatic carbocycles. The zero-order valence-electron chi connectivity index (χ0n) is 10.3. The van der Waals surface area contributed by atoms with Crippen LogP contribution in [0, 0.1) is 5.92 Å². The second kappa shape index (κ2) is 4.63. The zero-order chi connectivity index (χ0) is 13.3. The van der Waals surface area contributed by atoms with Crippen molar-refractivity contribution in [3.8, 4) is 0 Å². The van der Waals surface area contributed by atoms with Crippen LogP contribution in [0.1, 0.15) is 19.4 Å². The summed E-state index contributed by atoms with van der Waals surface area (Å²) in [5.74, 6) is 0.431. The summed E-state index contributed by atoms with van der Waals surface area (Å²) in [5, 5.41) is 0. The Morgan fingerprint density at radius 2 is 1.83 bits per heavy atom. The minimum absolute atomic E-state index is 0.215. The first-order valence-electron chi connectivity index (χ1n) is 5.85. The maximum absolute atomic E-state index is 12.4. The first-order valence-corrected chi connectivity index (χ1v) is 5.85. The van der Waals surface area contributed by atoms with E-state index in [1.807, 2.05) is 4.90 Å². The van der Waals surface area contributed by atoms with Crippen molar-refractivity contribution in [3.63, 3.8) is 0 Å². The Balaban J connectivity index is 2.10. The molecule has 0 radical (unpaired) electrons. The number of alkyl halides is 3. The third kappa shape index (κ3) is 2.66. The summed E-state index contributed by atoms with van der Waals surface area (Å²) in [5.41, 5.74) is 0.123. The minimum Gasteiger partial charge on any atom is -0.331 e. The van der Waals surface area contributed by atoms with Crippen LogP contribution in [0.15, 0.2) is 29.3 Å². The Morgan fingerprint density at radius 3 is 2.28 bits per heavy atom. The third-order valence-corrected chi connectivity index (χ3v) is 3.08. The van der Waals surface area contributed by atoms with Crippen molar-refractivity contribution in [1.82, 2.24) is 0 Å². The molecule has 0 bridgehead atoms. The quantitative estimate of drug-likeness (QED) is 0.789. The van der Waals surface area contributed by atoms with Crippen LogP contribution in [0.4, 0.5) is 18.9 Å². The molecule has 0 saturated carbocycles. The molecule has 0 aliphatic carbocycles. The van der Waals surface area contributed by atoms with Gasteiger partial charge < -0.3 is 4.90 Å². The van der Waals surface area contributed by atoms with Crippen molar-refractivity contribution in [1.29, 1.82) is 0 Å². The highest BCUT2D eigenvalue weighted by Gasteiger charge is 2.30. The first-order chi connectivity index (χ1) is 8.38. The largest absolute Gasteiger partial charge is 0.416 e. The van der Waals surface area contributed by atoms with Crippen LogP contribution in [0.2, 0.25) is 0 Å². The van der Waals surface area contributed by atoms with Gasteiger partial charge in [-0.15, -0.1) is 0 Å². The van der Waals surface area contributed by atoms with E-state index in [9.17, 15) is 13.2 Å². The van der Waals surface area contributed by atoms with Gasteiger partial charge in [-0.2, -0.15) is 13.2 Å². The molecule has 1 atom stereocenters. The summed E-state index contributed by atoms with van der Waals surface area (Å²) in [6.07, 6.45) is -2.58. The topological polar surface area (TPSA) is 15.6 Å². The lowest BCUT2D eigenvalue weighted by Gasteiger charge is -2.18. The zero-order valence-corrected chi connectivity index (χ0v) is 10.3. The second-order valence-electron chi connectivity index (χ2n) is 4.77. The summed E-state index contributed by atoms with van der Waals surface area (Å²) in [6, 6.07) is 5.39. The van der Waals surface area contributed by atoms with Crippen molar-refractivity contribution in [2.45, 2.75) is 26.1 Å². The predicted octanol–water partition coefficient (Wildman–Crippen LogP) is 3.58. The van der Waals surface area contributed by atoms with Crippen LogP contribution >= 0.6 is 0 Å². The average Bonchev–Trinajstić information content (AvgIpc) is 2.77. The molecule has 1 heterocycles. The molecule has 1 aromatic rings. The van der Waals surface area contributed by atoms with Gasteiger partial charge in [0.2, 0.25) is 0 Å². The molecule has 0 spiro atoms. The highest BCUT2D eigenvalue weighted by molar-refractivity contribution is 5.81. The van der Waals surface area contributed by atoms with Gasteiger partial charge in [0, 0.05) is 12.2 Å². The molecule has 5 heteroatoms. The fourth-order valence-corrected chi connectivity index (χ4v) is 1.86. The highest BCUT2D eigenvalue weighted by Crippen LogP contribution is 2.31. The number of hydrogen-bond acceptors (Lipinski definition) is 2. The van der Waals surface area contributed by atoms with Gasteiger partial charge in [-0.1, -0.05) is 13.8 Å². The van der Waals surface area contributed by atoms with Crippen LogP contribution in [0.25, 0.3) is 0 Å². The highest BCUT2D eigenvalue weighted by atomic mass is 19.4. The number of benzene rings is 1. The first kappa shape index (κ1) is 12.9. The molecule has 2 rings (SSSR count). The van der Waals surface area contributed by atoms with Crippen molar-refractivity contribution in [2.24, 2.45) is 10.9 Å². The fraction of sp³-hybridized carbons (Fsp3) is 0.462. The smallest absolute Gasteiger partial charge is 0.331 e. The summed E-state index contributed by atoms with van der Waals surface area (Å²) in [6.45, 7) is 4.89. The fourth-order valence-electron chi connectivity index (χ4n) is 1.86. The van der Waals surface area contributed by atoms with E-state index in [1.54, 1.807) is 6.34 Å². The normalized spacial score (nSPS) is 19.9. The van der Waals surface area contributed by atoms with Gasteiger partial charge in [-0.05, 0) is 30.2 Å². The molecular weight excluding hydrogens is 241 g/mol. The molecule has 1 aliphatic rings. The van der Waals surface area contributed by atoms with Gasteiger partial charge in [0.15, 0.2) is 0 Å². The minimum atomic E-state index is -4.28. The van der Waals surface area contributed by atoms with E-state index < -0.39 is 11.7 Å². The summed E-state index contributed by atoms with van der Waals surface area (Å²) in [7, 11) is 0. The molecule has 2 nitrogen and oxygen atoms in total. The van der Waals surface area contributed by atoms with Gasteiger partial charge in [-0.3, -0.25) is 4.99 Å². The van der Waals surface area contributed by atoms with Gasteiger partial charge in [0.05, 0.1) is 17.9 Å². The maximum Gasteiger partial charge on any atom is 0.416 e. The van der Waals surface area contributed by atoms with Crippen molar-refractivity contribution >= 4 is 12.0 Å². The Bertz CT molecular complexity index is 435. The Hall–Kier alpha value is -1.52. The number of hydrogen-bond donors (Lipinski definition) is 0. The molecule has 98 valence electrons. The van der Waals surface area contributed by atoms with Gasteiger partial charge in [0.25, 0.3) is 0 Å². The predicted molar refractivity (Wildman–Crippen MR) is 65.9 cm³/mol. The molecule has 0 unspecified atom stereocenters. The molecule has 0 amide bonds. The lowest BCUT2D eigenvalue weighted by Crippen LogP contribution is -2.25. The standard InChI is InChI=1S/C13H15F3N2/c1-9(2)12-7-18(8-17-12)11-5-3-10(4-6-11)13(14,15)16/h3-6,8-9,12H,7H2,1-2H3/t12-/m0/s1. The van der Waals surface area contributed by atoms with E-state index >= 15 is 0 Å². The number of anilines is 1. The second-order valence-corrected chi connectivity index (χ2v) is 4.77. The van der Waals surface area contributed by atoms with Gasteiger partial charge >= 0.3 is 6.18 Å². The number of nitrogens with zero attached hydrogens (tertiary/aromatic N) is 2. The van der Waals surface area contributed by atoms with E-state index in [0.29, 0.717) is 5.92 Å². The Kier molecular flexibility index (Phi) is 3.32. The molecule has 0 saturated heterocycles. The van der Waals surface area contributed by atoms with E-state index in [-0.39, 0.29) is 6.04 Å². The lowest BCUT2D eigenvalue weighted by atomic mass is 10.1. The van der Waals surface area contributed by atoms with Crippen molar-refractivity contribution in [3.05, 3.63) is 29.8 Å². The third-order valence-electron chi connectivity index (χ3n) is 3.08. The van der Waals surface area contributed by atoms with Crippen LogP contribution in [-0.4, -0.2) is 18.9 Å². The maximum atomic E-state index is 12.4. The monoisotopic (exact) mass is 256 g/mol. The van der Waals surface area contributed by atoms with Crippen LogP contribution in [-0.2, 0) is 6.18 Å². The number of rotatable bonds is 2. The molecule has 0 N–H and O–H groups in total. The summed E-state index contributed by atoms with van der Waals surface area (Å²) in [4.78, 5) is 6.22. The van der Waals surface area contributed by atoms with Crippen LogP contribution < -0.4 is 4.90 Å². The Labute approximate surface area is 104 Å². The Morgan fingerprint density at radius 1 is 1.22 bits per heavy atom. The SMILES string of the molecule is CC(C)[C@@H]1CN(c2ccc(C(F)(F)F)cc2)C=N1. The lowest BCUT2D eigenvalue weighted by molar-refractivity contribution is -0.137. The van der Waals surface area contributed by atoms with Crippen LogP contribution in [0.5, 0.6) is 0 Å². The summed E-state index contributed by atoms with van der Waals surface area (Å²) >= 11 is 0. The van der Waals surface area contributed by atoms with E-state index in [0.717, 1.165) is 24.4 Å². The number of halogens is 3. The van der Waals surface area contributed by atoms with Gasteiger partial charge in [0.1, 0.15) is 0 Å². The number of aliphatic imine (C=N–C) groups is 1. The van der Waals surface area contributed by atoms with E-state index in [2.05, 4.69) is 18.8 Å². The van der Waals surface area contributed by atoms with Crippen molar-refractivity contribution in [2.75, 3.05) is 11.4 Å². The van der Waals surface area contributed by atoms with Crippen molar-refractivity contribution < 1.29 is 13.2 Å². The van der Waals surface area contributed by atoms with Gasteiger partial charge in [-0.25, -0.2) is 0 Å². The average molecular weight is 256 g/mol. The molecule has 0 aromatic heterocycles. The molecular formula is C13H15F3N2. The molecule has 18 heavy (non-hydrogen) atoms.